The second-order valence-electron chi connectivity index (χ2n) is 2.89. The predicted octanol–water partition coefficient (Wildman–Crippen LogP) is 1.18. The summed E-state index contributed by atoms with van der Waals surface area (Å²) in [7, 11) is 1.27. The second kappa shape index (κ2) is 4.84. The zero-order valence-corrected chi connectivity index (χ0v) is 8.41. The number of nitrogens with zero attached hydrogens (tertiary/aromatic N) is 1. The first kappa shape index (κ1) is 12.3. The monoisotopic (exact) mass is 232 g/mol. The maximum atomic E-state index is 12.5. The SMILES string of the molecule is COc1cc(C(F)F)c(C(=O)O)nc1CN. The number of rotatable bonds is 4. The first-order valence-corrected chi connectivity index (χ1v) is 4.30. The Bertz CT molecular complexity index is 410. The maximum absolute atomic E-state index is 12.5. The van der Waals surface area contributed by atoms with Crippen LogP contribution in [0, 0.1) is 0 Å². The molecule has 7 heteroatoms. The van der Waals surface area contributed by atoms with Gasteiger partial charge in [-0.2, -0.15) is 0 Å². The molecule has 5 nitrogen and oxygen atoms in total. The van der Waals surface area contributed by atoms with Gasteiger partial charge in [0.1, 0.15) is 5.75 Å². The van der Waals surface area contributed by atoms with E-state index in [1.54, 1.807) is 0 Å². The molecule has 1 rings (SSSR count). The number of ether oxygens (including phenoxy) is 1. The topological polar surface area (TPSA) is 85.4 Å². The fourth-order valence-electron chi connectivity index (χ4n) is 1.21. The molecule has 0 aromatic carbocycles. The van der Waals surface area contributed by atoms with Crippen molar-refractivity contribution < 1.29 is 23.4 Å². The molecule has 0 amide bonds. The van der Waals surface area contributed by atoms with Gasteiger partial charge in [-0.25, -0.2) is 18.6 Å². The number of aromatic nitrogens is 1. The predicted molar refractivity (Wildman–Crippen MR) is 50.6 cm³/mol. The van der Waals surface area contributed by atoms with E-state index in [9.17, 15) is 13.6 Å². The molecule has 0 fully saturated rings. The number of hydrogen-bond acceptors (Lipinski definition) is 4. The fraction of sp³-hybridized carbons (Fsp3) is 0.333. The van der Waals surface area contributed by atoms with Crippen molar-refractivity contribution in [2.24, 2.45) is 5.73 Å². The number of carbonyl (C=O) groups is 1. The minimum Gasteiger partial charge on any atom is -0.495 e. The van der Waals surface area contributed by atoms with E-state index in [1.165, 1.54) is 7.11 Å². The van der Waals surface area contributed by atoms with Gasteiger partial charge < -0.3 is 15.6 Å². The summed E-state index contributed by atoms with van der Waals surface area (Å²) >= 11 is 0. The first-order valence-electron chi connectivity index (χ1n) is 4.30. The lowest BCUT2D eigenvalue weighted by Crippen LogP contribution is -2.12. The molecular formula is C9H10F2N2O3. The van der Waals surface area contributed by atoms with Crippen molar-refractivity contribution in [3.63, 3.8) is 0 Å². The van der Waals surface area contributed by atoms with Crippen molar-refractivity contribution in [1.82, 2.24) is 4.98 Å². The molecular weight excluding hydrogens is 222 g/mol. The van der Waals surface area contributed by atoms with Crippen LogP contribution in [0.3, 0.4) is 0 Å². The average molecular weight is 232 g/mol. The van der Waals surface area contributed by atoms with Crippen LogP contribution in [0.25, 0.3) is 0 Å². The summed E-state index contributed by atoms with van der Waals surface area (Å²) in [5, 5.41) is 8.72. The van der Waals surface area contributed by atoms with Crippen molar-refractivity contribution in [1.29, 1.82) is 0 Å². The molecule has 16 heavy (non-hydrogen) atoms. The van der Waals surface area contributed by atoms with Crippen LogP contribution in [0.1, 0.15) is 28.2 Å². The summed E-state index contributed by atoms with van der Waals surface area (Å²) in [5.74, 6) is -1.46. The van der Waals surface area contributed by atoms with Gasteiger partial charge in [-0.05, 0) is 6.07 Å². The molecule has 0 saturated carbocycles. The van der Waals surface area contributed by atoms with Crippen molar-refractivity contribution in [3.8, 4) is 5.75 Å². The van der Waals surface area contributed by atoms with Gasteiger partial charge in [-0.15, -0.1) is 0 Å². The third-order valence-corrected chi connectivity index (χ3v) is 1.94. The maximum Gasteiger partial charge on any atom is 0.355 e. The Kier molecular flexibility index (Phi) is 3.73. The molecule has 0 unspecified atom stereocenters. The first-order chi connectivity index (χ1) is 7.51. The highest BCUT2D eigenvalue weighted by atomic mass is 19.3. The van der Waals surface area contributed by atoms with Crippen molar-refractivity contribution in [3.05, 3.63) is 23.0 Å². The molecule has 0 saturated heterocycles. The zero-order chi connectivity index (χ0) is 12.3. The number of carboxylic acids is 1. The lowest BCUT2D eigenvalue weighted by Gasteiger charge is -2.10. The summed E-state index contributed by atoms with van der Waals surface area (Å²) in [5.41, 5.74) is 4.05. The van der Waals surface area contributed by atoms with Gasteiger partial charge in [0.2, 0.25) is 0 Å². The largest absolute Gasteiger partial charge is 0.495 e. The molecule has 0 radical (unpaired) electrons. The van der Waals surface area contributed by atoms with Gasteiger partial charge in [0.25, 0.3) is 6.43 Å². The highest BCUT2D eigenvalue weighted by Gasteiger charge is 2.22. The third-order valence-electron chi connectivity index (χ3n) is 1.94. The minimum absolute atomic E-state index is 0.0581. The van der Waals surface area contributed by atoms with Gasteiger partial charge in [0.05, 0.1) is 18.4 Å². The quantitative estimate of drug-likeness (QED) is 0.814. The van der Waals surface area contributed by atoms with E-state index in [1.807, 2.05) is 0 Å². The number of aromatic carboxylic acids is 1. The van der Waals surface area contributed by atoms with Crippen LogP contribution in [-0.4, -0.2) is 23.2 Å². The molecule has 0 aliphatic rings. The Labute approximate surface area is 89.9 Å². The van der Waals surface area contributed by atoms with E-state index in [4.69, 9.17) is 15.6 Å². The standard InChI is InChI=1S/C9H10F2N2O3/c1-16-6-2-4(8(10)11)7(9(14)15)13-5(6)3-12/h2,8H,3,12H2,1H3,(H,14,15). The fourth-order valence-corrected chi connectivity index (χ4v) is 1.21. The third kappa shape index (κ3) is 2.25. The number of hydrogen-bond donors (Lipinski definition) is 2. The number of alkyl halides is 2. The van der Waals surface area contributed by atoms with Gasteiger partial charge in [-0.3, -0.25) is 0 Å². The Balaban J connectivity index is 3.41. The van der Waals surface area contributed by atoms with E-state index in [-0.39, 0.29) is 18.0 Å². The lowest BCUT2D eigenvalue weighted by molar-refractivity contribution is 0.0676. The van der Waals surface area contributed by atoms with E-state index in [0.717, 1.165) is 6.07 Å². The molecule has 0 bridgehead atoms. The van der Waals surface area contributed by atoms with Gasteiger partial charge in [-0.1, -0.05) is 0 Å². The smallest absolute Gasteiger partial charge is 0.355 e. The molecule has 0 atom stereocenters. The van der Waals surface area contributed by atoms with Gasteiger partial charge in [0, 0.05) is 6.54 Å². The molecule has 88 valence electrons. The Morgan fingerprint density at radius 3 is 2.69 bits per heavy atom. The molecule has 1 aromatic rings. The molecule has 1 aromatic heterocycles. The highest BCUT2D eigenvalue weighted by Crippen LogP contribution is 2.28. The van der Waals surface area contributed by atoms with Crippen LogP contribution in [0.4, 0.5) is 8.78 Å². The van der Waals surface area contributed by atoms with E-state index in [0.29, 0.717) is 0 Å². The van der Waals surface area contributed by atoms with Gasteiger partial charge >= 0.3 is 5.97 Å². The van der Waals surface area contributed by atoms with E-state index in [2.05, 4.69) is 4.98 Å². The van der Waals surface area contributed by atoms with Crippen molar-refractivity contribution >= 4 is 5.97 Å². The summed E-state index contributed by atoms with van der Waals surface area (Å²) in [6.07, 6.45) is -2.93. The number of methoxy groups -OCH3 is 1. The normalized spacial score (nSPS) is 10.6. The molecule has 1 heterocycles. The average Bonchev–Trinajstić information content (AvgIpc) is 2.26. The summed E-state index contributed by atoms with van der Waals surface area (Å²) in [6.45, 7) is -0.0903. The Morgan fingerprint density at radius 1 is 1.69 bits per heavy atom. The highest BCUT2D eigenvalue weighted by molar-refractivity contribution is 5.87. The molecule has 0 spiro atoms. The van der Waals surface area contributed by atoms with Crippen molar-refractivity contribution in [2.75, 3.05) is 7.11 Å². The minimum atomic E-state index is -2.93. The number of carboxylic acid groups (broad SMARTS) is 1. The van der Waals surface area contributed by atoms with Crippen LogP contribution in [0.15, 0.2) is 6.07 Å². The summed E-state index contributed by atoms with van der Waals surface area (Å²) in [4.78, 5) is 14.3. The van der Waals surface area contributed by atoms with Crippen LogP contribution < -0.4 is 10.5 Å². The van der Waals surface area contributed by atoms with E-state index >= 15 is 0 Å². The molecule has 0 aliphatic carbocycles. The van der Waals surface area contributed by atoms with Crippen molar-refractivity contribution in [2.45, 2.75) is 13.0 Å². The molecule has 3 N–H and O–H groups in total. The zero-order valence-electron chi connectivity index (χ0n) is 8.41. The Morgan fingerprint density at radius 2 is 2.31 bits per heavy atom. The molecule has 0 aliphatic heterocycles. The van der Waals surface area contributed by atoms with E-state index < -0.39 is 23.7 Å². The van der Waals surface area contributed by atoms with Crippen LogP contribution in [-0.2, 0) is 6.54 Å². The Hall–Kier alpha value is -1.76. The number of nitrogens with two attached hydrogens (primary N) is 1. The van der Waals surface area contributed by atoms with Gasteiger partial charge in [0.15, 0.2) is 5.69 Å². The number of halogens is 2. The van der Waals surface area contributed by atoms with Crippen LogP contribution in [0.2, 0.25) is 0 Å². The lowest BCUT2D eigenvalue weighted by atomic mass is 10.1. The van der Waals surface area contributed by atoms with Crippen LogP contribution >= 0.6 is 0 Å². The second-order valence-corrected chi connectivity index (χ2v) is 2.89. The van der Waals surface area contributed by atoms with Crippen LogP contribution in [0.5, 0.6) is 5.75 Å². The summed E-state index contributed by atoms with van der Waals surface area (Å²) < 4.78 is 29.9. The number of pyridine rings is 1. The summed E-state index contributed by atoms with van der Waals surface area (Å²) in [6, 6.07) is 0.948.